The van der Waals surface area contributed by atoms with Gasteiger partial charge in [-0.25, -0.2) is 0 Å². The minimum Gasteiger partial charge on any atom is -0.497 e. The van der Waals surface area contributed by atoms with Crippen LogP contribution < -0.4 is 20.3 Å². The largest absolute Gasteiger partial charge is 0.497 e. The van der Waals surface area contributed by atoms with E-state index in [2.05, 4.69) is 15.6 Å². The highest BCUT2D eigenvalue weighted by atomic mass is 32.1. The second-order valence-corrected chi connectivity index (χ2v) is 9.24. The van der Waals surface area contributed by atoms with Gasteiger partial charge in [-0.05, 0) is 66.2 Å². The summed E-state index contributed by atoms with van der Waals surface area (Å²) in [6, 6.07) is 13.0. The normalized spacial score (nSPS) is 14.2. The van der Waals surface area contributed by atoms with Crippen LogP contribution in [0.15, 0.2) is 66.3 Å². The predicted octanol–water partition coefficient (Wildman–Crippen LogP) is 3.71. The zero-order chi connectivity index (χ0) is 24.6. The van der Waals surface area contributed by atoms with Gasteiger partial charge < -0.3 is 15.4 Å². The molecule has 1 aliphatic rings. The number of rotatable bonds is 9. The number of amides is 3. The number of hydrogen-bond donors (Lipinski definition) is 2. The summed E-state index contributed by atoms with van der Waals surface area (Å²) in [4.78, 5) is 45.7. The second kappa shape index (κ2) is 11.6. The predicted molar refractivity (Wildman–Crippen MR) is 135 cm³/mol. The van der Waals surface area contributed by atoms with Crippen molar-refractivity contribution in [3.63, 3.8) is 0 Å². The van der Waals surface area contributed by atoms with Crippen molar-refractivity contribution in [1.29, 1.82) is 0 Å². The highest BCUT2D eigenvalue weighted by Gasteiger charge is 2.34. The van der Waals surface area contributed by atoms with Gasteiger partial charge in [0, 0.05) is 24.1 Å². The fourth-order valence-corrected chi connectivity index (χ4v) is 4.87. The van der Waals surface area contributed by atoms with Crippen molar-refractivity contribution in [3.8, 4) is 5.75 Å². The van der Waals surface area contributed by atoms with Crippen molar-refractivity contribution in [3.05, 3.63) is 76.7 Å². The van der Waals surface area contributed by atoms with Crippen LogP contribution in [0, 0.1) is 0 Å². The molecule has 1 aromatic carbocycles. The van der Waals surface area contributed by atoms with E-state index in [0.29, 0.717) is 21.9 Å². The van der Waals surface area contributed by atoms with Crippen LogP contribution in [0.2, 0.25) is 0 Å². The molecule has 3 aromatic rings. The Balaban J connectivity index is 1.66. The lowest BCUT2D eigenvalue weighted by Crippen LogP contribution is -2.49. The van der Waals surface area contributed by atoms with E-state index in [1.807, 2.05) is 0 Å². The van der Waals surface area contributed by atoms with Gasteiger partial charge in [-0.1, -0.05) is 18.9 Å². The van der Waals surface area contributed by atoms with Gasteiger partial charge in [0.25, 0.3) is 5.91 Å². The fraction of sp³-hybridized carbons (Fsp3) is 0.308. The third kappa shape index (κ3) is 6.05. The van der Waals surface area contributed by atoms with Crippen LogP contribution in [0.3, 0.4) is 0 Å². The van der Waals surface area contributed by atoms with Crippen LogP contribution in [0.25, 0.3) is 0 Å². The second-order valence-electron chi connectivity index (χ2n) is 8.29. The summed E-state index contributed by atoms with van der Waals surface area (Å²) in [5.41, 5.74) is 1.15. The molecule has 2 heterocycles. The quantitative estimate of drug-likeness (QED) is 0.474. The van der Waals surface area contributed by atoms with Gasteiger partial charge in [-0.15, -0.1) is 11.3 Å². The number of ether oxygens (including phenoxy) is 1. The smallest absolute Gasteiger partial charge is 0.261 e. The molecule has 182 valence electrons. The number of thiophene rings is 1. The van der Waals surface area contributed by atoms with E-state index >= 15 is 0 Å². The van der Waals surface area contributed by atoms with Crippen LogP contribution in [0.1, 0.15) is 47.0 Å². The summed E-state index contributed by atoms with van der Waals surface area (Å²) in [5.74, 6) is -0.387. The average molecular weight is 493 g/mol. The Morgan fingerprint density at radius 3 is 2.43 bits per heavy atom. The maximum absolute atomic E-state index is 13.6. The summed E-state index contributed by atoms with van der Waals surface area (Å²) in [7, 11) is 1.56. The molecule has 35 heavy (non-hydrogen) atoms. The molecule has 1 atom stereocenters. The zero-order valence-electron chi connectivity index (χ0n) is 19.5. The number of benzene rings is 1. The van der Waals surface area contributed by atoms with Gasteiger partial charge in [0.2, 0.25) is 11.8 Å². The van der Waals surface area contributed by atoms with Gasteiger partial charge in [-0.3, -0.25) is 24.3 Å². The Morgan fingerprint density at radius 1 is 1.09 bits per heavy atom. The molecule has 9 heteroatoms. The number of anilines is 1. The van der Waals surface area contributed by atoms with Crippen molar-refractivity contribution in [2.24, 2.45) is 0 Å². The molecule has 1 fully saturated rings. The van der Waals surface area contributed by atoms with Gasteiger partial charge in [0.1, 0.15) is 11.8 Å². The number of pyridine rings is 1. The van der Waals surface area contributed by atoms with Gasteiger partial charge in [0.15, 0.2) is 0 Å². The molecule has 8 nitrogen and oxygen atoms in total. The topological polar surface area (TPSA) is 101 Å². The summed E-state index contributed by atoms with van der Waals surface area (Å²) in [6.45, 7) is -0.263. The van der Waals surface area contributed by atoms with E-state index in [-0.39, 0.29) is 24.4 Å². The Kier molecular flexibility index (Phi) is 8.10. The lowest BCUT2D eigenvalue weighted by Gasteiger charge is -2.32. The van der Waals surface area contributed by atoms with Crippen LogP contribution in [0.4, 0.5) is 5.69 Å². The maximum Gasteiger partial charge on any atom is 0.261 e. The van der Waals surface area contributed by atoms with Gasteiger partial charge in [-0.2, -0.15) is 0 Å². The Morgan fingerprint density at radius 2 is 1.80 bits per heavy atom. The van der Waals surface area contributed by atoms with Crippen LogP contribution >= 0.6 is 11.3 Å². The van der Waals surface area contributed by atoms with E-state index in [1.165, 1.54) is 16.2 Å². The van der Waals surface area contributed by atoms with Crippen molar-refractivity contribution >= 4 is 34.7 Å². The molecule has 3 amide bonds. The standard InChI is InChI=1S/C26H28N4O4S/c1-34-21-10-8-20(9-11-21)30(23(31)17-28-25(32)22-7-4-16-35-22)24(18-12-14-27-15-13-18)26(33)29-19-5-2-3-6-19/h4,7-16,19,24H,2-3,5-6,17H2,1H3,(H,28,32)(H,29,33)/t24-/m1/s1. The first-order valence-electron chi connectivity index (χ1n) is 11.5. The molecule has 4 rings (SSSR count). The monoisotopic (exact) mass is 492 g/mol. The van der Waals surface area contributed by atoms with E-state index in [1.54, 1.807) is 73.4 Å². The molecule has 0 unspecified atom stereocenters. The maximum atomic E-state index is 13.6. The number of methoxy groups -OCH3 is 1. The van der Waals surface area contributed by atoms with Crippen molar-refractivity contribution in [2.75, 3.05) is 18.6 Å². The Hall–Kier alpha value is -3.72. The lowest BCUT2D eigenvalue weighted by atomic mass is 10.0. The van der Waals surface area contributed by atoms with Gasteiger partial charge in [0.05, 0.1) is 18.5 Å². The molecule has 0 radical (unpaired) electrons. The van der Waals surface area contributed by atoms with Crippen molar-refractivity contribution < 1.29 is 19.1 Å². The van der Waals surface area contributed by atoms with Crippen LogP contribution in [-0.2, 0) is 9.59 Å². The Labute approximate surface area is 208 Å². The van der Waals surface area contributed by atoms with Gasteiger partial charge >= 0.3 is 0 Å². The number of hydrogen-bond acceptors (Lipinski definition) is 6. The first kappa shape index (κ1) is 24.4. The molecule has 0 aliphatic heterocycles. The molecule has 1 aliphatic carbocycles. The minimum absolute atomic E-state index is 0.0817. The number of carbonyl (C=O) groups excluding carboxylic acids is 3. The first-order valence-corrected chi connectivity index (χ1v) is 12.4. The fourth-order valence-electron chi connectivity index (χ4n) is 4.23. The Bertz CT molecular complexity index is 1130. The minimum atomic E-state index is -0.932. The molecule has 0 spiro atoms. The summed E-state index contributed by atoms with van der Waals surface area (Å²) < 4.78 is 5.26. The van der Waals surface area contributed by atoms with E-state index in [4.69, 9.17) is 4.74 Å². The molecule has 1 saturated carbocycles. The third-order valence-electron chi connectivity index (χ3n) is 5.99. The number of carbonyl (C=O) groups is 3. The average Bonchev–Trinajstić information content (AvgIpc) is 3.61. The molecule has 0 saturated heterocycles. The molecule has 2 N–H and O–H groups in total. The SMILES string of the molecule is COc1ccc(N(C(=O)CNC(=O)c2cccs2)[C@@H](C(=O)NC2CCCC2)c2ccncc2)cc1. The molecule has 2 aromatic heterocycles. The number of aromatic nitrogens is 1. The molecule has 0 bridgehead atoms. The highest BCUT2D eigenvalue weighted by molar-refractivity contribution is 7.12. The summed E-state index contributed by atoms with van der Waals surface area (Å²) >= 11 is 1.30. The number of nitrogens with one attached hydrogen (secondary N) is 2. The van der Waals surface area contributed by atoms with E-state index < -0.39 is 11.9 Å². The molecular weight excluding hydrogens is 464 g/mol. The number of nitrogens with zero attached hydrogens (tertiary/aromatic N) is 2. The highest BCUT2D eigenvalue weighted by Crippen LogP contribution is 2.30. The zero-order valence-corrected chi connectivity index (χ0v) is 20.3. The van der Waals surface area contributed by atoms with Crippen molar-refractivity contribution in [2.45, 2.75) is 37.8 Å². The molecular formula is C26H28N4O4S. The summed E-state index contributed by atoms with van der Waals surface area (Å²) in [6.07, 6.45) is 7.17. The third-order valence-corrected chi connectivity index (χ3v) is 6.86. The van der Waals surface area contributed by atoms with Crippen molar-refractivity contribution in [1.82, 2.24) is 15.6 Å². The van der Waals surface area contributed by atoms with Crippen LogP contribution in [-0.4, -0.2) is 42.4 Å². The first-order chi connectivity index (χ1) is 17.1. The van der Waals surface area contributed by atoms with Crippen LogP contribution in [0.5, 0.6) is 5.75 Å². The van der Waals surface area contributed by atoms with E-state index in [0.717, 1.165) is 25.7 Å². The lowest BCUT2D eigenvalue weighted by molar-refractivity contribution is -0.126. The van der Waals surface area contributed by atoms with E-state index in [9.17, 15) is 14.4 Å². The summed E-state index contributed by atoms with van der Waals surface area (Å²) in [5, 5.41) is 7.62.